The van der Waals surface area contributed by atoms with Crippen molar-refractivity contribution in [3.8, 4) is 0 Å². The van der Waals surface area contributed by atoms with Gasteiger partial charge >= 0.3 is 11.9 Å². The van der Waals surface area contributed by atoms with Crippen molar-refractivity contribution in [3.05, 3.63) is 0 Å². The van der Waals surface area contributed by atoms with Crippen LogP contribution in [0.3, 0.4) is 0 Å². The number of nitrogens with one attached hydrogen (secondary N) is 1. The molecule has 3 amide bonds. The van der Waals surface area contributed by atoms with Crippen LogP contribution in [0.1, 0.15) is 33.6 Å². The van der Waals surface area contributed by atoms with Gasteiger partial charge in [-0.3, -0.25) is 19.2 Å². The maximum atomic E-state index is 13.4. The first-order chi connectivity index (χ1) is 16.6. The number of nitrogens with two attached hydrogens (primary N) is 2. The molecule has 0 spiro atoms. The number of rotatable bonds is 13. The molecule has 1 fully saturated rings. The molecule has 1 saturated heterocycles. The number of carboxylic acids is 2. The minimum atomic E-state index is -1.77. The summed E-state index contributed by atoms with van der Waals surface area (Å²) in [6.45, 7) is 2.49. The van der Waals surface area contributed by atoms with Crippen molar-refractivity contribution < 1.29 is 59.0 Å². The van der Waals surface area contributed by atoms with Crippen LogP contribution in [-0.4, -0.2) is 122 Å². The van der Waals surface area contributed by atoms with Crippen molar-refractivity contribution in [1.82, 2.24) is 10.2 Å². The summed E-state index contributed by atoms with van der Waals surface area (Å²) in [4.78, 5) is 60.9. The summed E-state index contributed by atoms with van der Waals surface area (Å²) in [5, 5.41) is 51.1. The summed E-state index contributed by atoms with van der Waals surface area (Å²) in [5.74, 6) is -5.84. The van der Waals surface area contributed by atoms with Gasteiger partial charge in [-0.05, 0) is 20.3 Å². The number of aliphatic carboxylic acids is 2. The molecule has 0 aromatic carbocycles. The maximum Gasteiger partial charge on any atom is 0.332 e. The molecule has 0 saturated carbocycles. The molecule has 0 bridgehead atoms. The van der Waals surface area contributed by atoms with Gasteiger partial charge in [0.05, 0.1) is 12.7 Å². The molecule has 10 N–H and O–H groups in total. The normalized spacial score (nSPS) is 27.2. The number of aliphatic hydroxyl groups excluding tert-OH is 3. The average molecular weight is 523 g/mol. The average Bonchev–Trinajstić information content (AvgIpc) is 2.77. The summed E-state index contributed by atoms with van der Waals surface area (Å²) < 4.78 is 11.1. The standard InChI is InChI=1S/C20H34N4O12/c1-7(26)13(21)18(32)24(10(17(22)31)4-5-12(28)29)19-14(23-9(3)27)16(35-8(2)20(33)34)15(30)11(6-25)36-19/h7-8,10-11,13-16,19,25-26,30H,4-6,21H2,1-3H3,(H2,22,31)(H,23,27)(H,28,29)(H,33,34)/t7-,8-,10-,11-,13+,14-,15-,16-,19?/m1/s1. The van der Waals surface area contributed by atoms with E-state index < -0.39 is 104 Å². The predicted octanol–water partition coefficient (Wildman–Crippen LogP) is -4.32. The van der Waals surface area contributed by atoms with Crippen molar-refractivity contribution >= 4 is 29.7 Å². The van der Waals surface area contributed by atoms with E-state index in [0.717, 1.165) is 13.8 Å². The van der Waals surface area contributed by atoms with Crippen molar-refractivity contribution in [2.75, 3.05) is 6.61 Å². The Kier molecular flexibility index (Phi) is 11.6. The molecule has 16 nitrogen and oxygen atoms in total. The fourth-order valence-corrected chi connectivity index (χ4v) is 3.68. The zero-order chi connectivity index (χ0) is 27.9. The Bertz CT molecular complexity index is 825. The van der Waals surface area contributed by atoms with Gasteiger partial charge in [0.1, 0.15) is 36.4 Å². The van der Waals surface area contributed by atoms with Gasteiger partial charge < -0.3 is 56.7 Å². The quantitative estimate of drug-likeness (QED) is 0.114. The third kappa shape index (κ3) is 7.81. The van der Waals surface area contributed by atoms with Gasteiger partial charge in [-0.15, -0.1) is 0 Å². The van der Waals surface area contributed by atoms with Crippen LogP contribution >= 0.6 is 0 Å². The lowest BCUT2D eigenvalue weighted by Crippen LogP contribution is -2.73. The van der Waals surface area contributed by atoms with E-state index in [2.05, 4.69) is 5.32 Å². The highest BCUT2D eigenvalue weighted by Crippen LogP contribution is 2.29. The fourth-order valence-electron chi connectivity index (χ4n) is 3.68. The van der Waals surface area contributed by atoms with E-state index in [1.54, 1.807) is 0 Å². The first kappa shape index (κ1) is 31.1. The second kappa shape index (κ2) is 13.4. The van der Waals surface area contributed by atoms with E-state index in [1.165, 1.54) is 6.92 Å². The summed E-state index contributed by atoms with van der Waals surface area (Å²) in [6, 6.07) is -4.93. The minimum Gasteiger partial charge on any atom is -0.481 e. The Morgan fingerprint density at radius 1 is 1.17 bits per heavy atom. The van der Waals surface area contributed by atoms with E-state index in [0.29, 0.717) is 4.90 Å². The largest absolute Gasteiger partial charge is 0.481 e. The first-order valence-corrected chi connectivity index (χ1v) is 11.0. The Balaban J connectivity index is 3.73. The lowest BCUT2D eigenvalue weighted by Gasteiger charge is -2.50. The van der Waals surface area contributed by atoms with Crippen molar-refractivity contribution in [1.29, 1.82) is 0 Å². The summed E-state index contributed by atoms with van der Waals surface area (Å²) in [7, 11) is 0. The molecular weight excluding hydrogens is 488 g/mol. The number of nitrogens with zero attached hydrogens (tertiary/aromatic N) is 1. The molecule has 0 aliphatic carbocycles. The van der Waals surface area contributed by atoms with Crippen LogP contribution in [-0.2, 0) is 33.4 Å². The number of aliphatic hydroxyl groups is 3. The molecule has 1 rings (SSSR count). The topological polar surface area (TPSA) is 272 Å². The smallest absolute Gasteiger partial charge is 0.332 e. The van der Waals surface area contributed by atoms with Crippen LogP contribution in [0, 0.1) is 0 Å². The van der Waals surface area contributed by atoms with Crippen molar-refractivity contribution in [2.45, 2.75) is 88.5 Å². The monoisotopic (exact) mass is 522 g/mol. The Labute approximate surface area is 206 Å². The van der Waals surface area contributed by atoms with Gasteiger partial charge in [-0.2, -0.15) is 0 Å². The molecule has 1 heterocycles. The van der Waals surface area contributed by atoms with E-state index >= 15 is 0 Å². The zero-order valence-corrected chi connectivity index (χ0v) is 20.0. The first-order valence-electron chi connectivity index (χ1n) is 11.0. The second-order valence-corrected chi connectivity index (χ2v) is 8.41. The van der Waals surface area contributed by atoms with Gasteiger partial charge in [0.2, 0.25) is 17.7 Å². The molecular formula is C20H34N4O12. The molecule has 0 aromatic heterocycles. The van der Waals surface area contributed by atoms with Crippen molar-refractivity contribution in [3.63, 3.8) is 0 Å². The molecule has 9 atom stereocenters. The summed E-state index contributed by atoms with van der Waals surface area (Å²) in [5.41, 5.74) is 11.3. The molecule has 0 radical (unpaired) electrons. The van der Waals surface area contributed by atoms with Gasteiger partial charge in [0.15, 0.2) is 12.3 Å². The van der Waals surface area contributed by atoms with E-state index in [4.69, 9.17) is 26.0 Å². The number of hydrogen-bond acceptors (Lipinski definition) is 11. The lowest BCUT2D eigenvalue weighted by atomic mass is 9.92. The third-order valence-electron chi connectivity index (χ3n) is 5.58. The molecule has 1 aliphatic rings. The number of carbonyl (C=O) groups is 5. The molecule has 1 aliphatic heterocycles. The third-order valence-corrected chi connectivity index (χ3v) is 5.58. The summed E-state index contributed by atoms with van der Waals surface area (Å²) >= 11 is 0. The Hall–Kier alpha value is -2.89. The molecule has 16 heteroatoms. The number of carboxylic acid groups (broad SMARTS) is 2. The van der Waals surface area contributed by atoms with Crippen LogP contribution in [0.15, 0.2) is 0 Å². The summed E-state index contributed by atoms with van der Waals surface area (Å²) in [6.07, 6.45) is -10.8. The van der Waals surface area contributed by atoms with Crippen molar-refractivity contribution in [2.24, 2.45) is 11.5 Å². The van der Waals surface area contributed by atoms with E-state index in [1.807, 2.05) is 0 Å². The fraction of sp³-hybridized carbons (Fsp3) is 0.750. The Morgan fingerprint density at radius 3 is 2.17 bits per heavy atom. The van der Waals surface area contributed by atoms with Crippen LogP contribution in [0.2, 0.25) is 0 Å². The second-order valence-electron chi connectivity index (χ2n) is 8.41. The highest BCUT2D eigenvalue weighted by molar-refractivity contribution is 5.90. The van der Waals surface area contributed by atoms with Crippen LogP contribution in [0.5, 0.6) is 0 Å². The van der Waals surface area contributed by atoms with Crippen LogP contribution < -0.4 is 16.8 Å². The number of amides is 3. The molecule has 206 valence electrons. The molecule has 0 aromatic rings. The highest BCUT2D eigenvalue weighted by atomic mass is 16.6. The highest BCUT2D eigenvalue weighted by Gasteiger charge is 2.52. The minimum absolute atomic E-state index is 0.529. The number of hydrogen-bond donors (Lipinski definition) is 8. The lowest BCUT2D eigenvalue weighted by molar-refractivity contribution is -0.251. The van der Waals surface area contributed by atoms with Gasteiger partial charge in [0, 0.05) is 13.3 Å². The Morgan fingerprint density at radius 2 is 1.75 bits per heavy atom. The van der Waals surface area contributed by atoms with Crippen LogP contribution in [0.25, 0.3) is 0 Å². The van der Waals surface area contributed by atoms with Gasteiger partial charge in [-0.1, -0.05) is 0 Å². The predicted molar refractivity (Wildman–Crippen MR) is 118 cm³/mol. The maximum absolute atomic E-state index is 13.4. The van der Waals surface area contributed by atoms with E-state index in [-0.39, 0.29) is 0 Å². The molecule has 36 heavy (non-hydrogen) atoms. The van der Waals surface area contributed by atoms with E-state index in [9.17, 15) is 44.4 Å². The zero-order valence-electron chi connectivity index (χ0n) is 20.0. The molecule has 1 unspecified atom stereocenters. The SMILES string of the molecule is CC(=O)N[C@H]1C(N(C(=O)[C@@H](N)[C@@H](C)O)[C@H](CCC(=O)O)C(N)=O)O[C@H](CO)[C@@H](O)[C@@H]1O[C@H](C)C(=O)O. The number of ether oxygens (including phenoxy) is 2. The number of primary amides is 1. The number of carbonyl (C=O) groups excluding carboxylic acids is 3. The van der Waals surface area contributed by atoms with Gasteiger partial charge in [0.25, 0.3) is 0 Å². The van der Waals surface area contributed by atoms with Gasteiger partial charge in [-0.25, -0.2) is 4.79 Å². The van der Waals surface area contributed by atoms with Crippen LogP contribution in [0.4, 0.5) is 0 Å².